The fourth-order valence-electron chi connectivity index (χ4n) is 1.74. The quantitative estimate of drug-likeness (QED) is 0.659. The lowest BCUT2D eigenvalue weighted by molar-refractivity contribution is 0.201. The lowest BCUT2D eigenvalue weighted by Gasteiger charge is -2.34. The lowest BCUT2D eigenvalue weighted by Crippen LogP contribution is -2.38. The van der Waals surface area contributed by atoms with E-state index in [9.17, 15) is 8.42 Å². The fraction of sp³-hybridized carbons (Fsp3) is 1.00. The van der Waals surface area contributed by atoms with Crippen LogP contribution in [0.3, 0.4) is 0 Å². The summed E-state index contributed by atoms with van der Waals surface area (Å²) < 4.78 is 23.8. The highest BCUT2D eigenvalue weighted by Gasteiger charge is 2.30. The Bertz CT molecular complexity index is 323. The van der Waals surface area contributed by atoms with Gasteiger partial charge < -0.3 is 5.32 Å². The molecule has 18 heavy (non-hydrogen) atoms. The third-order valence-electron chi connectivity index (χ3n) is 4.03. The number of rotatable bonds is 9. The molecule has 4 heteroatoms. The molecule has 1 N–H and O–H groups in total. The van der Waals surface area contributed by atoms with Crippen molar-refractivity contribution in [1.29, 1.82) is 0 Å². The summed E-state index contributed by atoms with van der Waals surface area (Å²) in [6, 6.07) is 0. The van der Waals surface area contributed by atoms with E-state index in [0.29, 0.717) is 11.7 Å². The summed E-state index contributed by atoms with van der Waals surface area (Å²) in [6.45, 7) is 14.1. The van der Waals surface area contributed by atoms with Crippen LogP contribution in [0.2, 0.25) is 0 Å². The van der Waals surface area contributed by atoms with Crippen molar-refractivity contribution in [2.45, 2.75) is 59.6 Å². The molecule has 0 aliphatic heterocycles. The summed E-state index contributed by atoms with van der Waals surface area (Å²) in [4.78, 5) is 0. The first kappa shape index (κ1) is 17.9. The van der Waals surface area contributed by atoms with Crippen LogP contribution >= 0.6 is 0 Å². The smallest absolute Gasteiger partial charge is 0.152 e. The maximum atomic E-state index is 11.9. The molecule has 0 aliphatic carbocycles. The van der Waals surface area contributed by atoms with Crippen LogP contribution in [0.4, 0.5) is 0 Å². The van der Waals surface area contributed by atoms with E-state index in [1.807, 2.05) is 0 Å². The molecular weight excluding hydrogens is 246 g/mol. The topological polar surface area (TPSA) is 46.2 Å². The van der Waals surface area contributed by atoms with Gasteiger partial charge in [-0.25, -0.2) is 8.42 Å². The van der Waals surface area contributed by atoms with Crippen LogP contribution in [0.1, 0.15) is 54.4 Å². The number of sulfone groups is 1. The van der Waals surface area contributed by atoms with Gasteiger partial charge in [-0.05, 0) is 44.6 Å². The predicted molar refractivity (Wildman–Crippen MR) is 79.6 cm³/mol. The highest BCUT2D eigenvalue weighted by atomic mass is 32.2. The first-order valence-corrected chi connectivity index (χ1v) is 8.79. The van der Waals surface area contributed by atoms with Crippen molar-refractivity contribution in [3.63, 3.8) is 0 Å². The Kier molecular flexibility index (Phi) is 7.45. The molecule has 0 radical (unpaired) electrons. The normalized spacial score (nSPS) is 16.2. The van der Waals surface area contributed by atoms with Crippen molar-refractivity contribution < 1.29 is 8.42 Å². The summed E-state index contributed by atoms with van der Waals surface area (Å²) in [7, 11) is -2.92. The monoisotopic (exact) mass is 277 g/mol. The molecule has 0 bridgehead atoms. The molecule has 110 valence electrons. The van der Waals surface area contributed by atoms with Crippen LogP contribution in [-0.4, -0.2) is 32.5 Å². The first-order valence-electron chi connectivity index (χ1n) is 7.08. The van der Waals surface area contributed by atoms with Gasteiger partial charge in [-0.2, -0.15) is 0 Å². The second-order valence-electron chi connectivity index (χ2n) is 6.15. The van der Waals surface area contributed by atoms with Crippen molar-refractivity contribution in [3.8, 4) is 0 Å². The van der Waals surface area contributed by atoms with Gasteiger partial charge in [0.2, 0.25) is 0 Å². The van der Waals surface area contributed by atoms with E-state index in [1.54, 1.807) is 13.8 Å². The average molecular weight is 277 g/mol. The van der Waals surface area contributed by atoms with Gasteiger partial charge in [-0.1, -0.05) is 27.7 Å². The maximum absolute atomic E-state index is 11.9. The highest BCUT2D eigenvalue weighted by molar-refractivity contribution is 7.91. The third kappa shape index (κ3) is 5.70. The van der Waals surface area contributed by atoms with Crippen LogP contribution in [0.25, 0.3) is 0 Å². The molecule has 0 saturated heterocycles. The molecule has 0 saturated carbocycles. The fourth-order valence-corrected chi connectivity index (χ4v) is 2.97. The standard InChI is InChI=1S/C14H31NO2S/c1-7-9-15-11-14(6,12(2)3)8-10-18(16,17)13(4)5/h12-13,15H,7-11H2,1-6H3. The molecule has 1 unspecified atom stereocenters. The Morgan fingerprint density at radius 3 is 2.11 bits per heavy atom. The zero-order chi connectivity index (χ0) is 14.4. The number of hydrogen-bond acceptors (Lipinski definition) is 3. The zero-order valence-electron chi connectivity index (χ0n) is 12.9. The summed E-state index contributed by atoms with van der Waals surface area (Å²) in [6.07, 6.45) is 1.85. The van der Waals surface area contributed by atoms with Gasteiger partial charge in [0.15, 0.2) is 9.84 Å². The van der Waals surface area contributed by atoms with Crippen molar-refractivity contribution >= 4 is 9.84 Å². The summed E-state index contributed by atoms with van der Waals surface area (Å²) in [5.74, 6) is 0.775. The van der Waals surface area contributed by atoms with Crippen molar-refractivity contribution in [2.24, 2.45) is 11.3 Å². The SMILES string of the molecule is CCCNCC(C)(CCS(=O)(=O)C(C)C)C(C)C. The summed E-state index contributed by atoms with van der Waals surface area (Å²) >= 11 is 0. The summed E-state index contributed by atoms with van der Waals surface area (Å²) in [5, 5.41) is 3.16. The molecule has 0 heterocycles. The van der Waals surface area contributed by atoms with Crippen LogP contribution in [0.15, 0.2) is 0 Å². The van der Waals surface area contributed by atoms with Gasteiger partial charge in [-0.15, -0.1) is 0 Å². The lowest BCUT2D eigenvalue weighted by atomic mass is 9.77. The van der Waals surface area contributed by atoms with E-state index in [2.05, 4.69) is 33.0 Å². The Labute approximate surface area is 114 Å². The van der Waals surface area contributed by atoms with Gasteiger partial charge >= 0.3 is 0 Å². The van der Waals surface area contributed by atoms with E-state index >= 15 is 0 Å². The van der Waals surface area contributed by atoms with Crippen molar-refractivity contribution in [1.82, 2.24) is 5.32 Å². The van der Waals surface area contributed by atoms with E-state index in [0.717, 1.165) is 25.9 Å². The first-order chi connectivity index (χ1) is 8.15. The van der Waals surface area contributed by atoms with Crippen LogP contribution in [-0.2, 0) is 9.84 Å². The molecule has 0 rings (SSSR count). The maximum Gasteiger partial charge on any atom is 0.152 e. The van der Waals surface area contributed by atoms with Gasteiger partial charge in [0, 0.05) is 6.54 Å². The van der Waals surface area contributed by atoms with Crippen LogP contribution < -0.4 is 5.32 Å². The Morgan fingerprint density at radius 1 is 1.17 bits per heavy atom. The van der Waals surface area contributed by atoms with Gasteiger partial charge in [0.1, 0.15) is 0 Å². The van der Waals surface area contributed by atoms with Gasteiger partial charge in [-0.3, -0.25) is 0 Å². The predicted octanol–water partition coefficient (Wildman–Crippen LogP) is 2.86. The summed E-state index contributed by atoms with van der Waals surface area (Å²) in [5.41, 5.74) is 0.0527. The molecule has 0 aliphatic rings. The molecule has 0 spiro atoms. The molecule has 0 aromatic carbocycles. The second kappa shape index (κ2) is 7.49. The minimum Gasteiger partial charge on any atom is -0.316 e. The van der Waals surface area contributed by atoms with E-state index < -0.39 is 9.84 Å². The second-order valence-corrected chi connectivity index (χ2v) is 8.83. The molecule has 0 fully saturated rings. The Balaban J connectivity index is 4.53. The van der Waals surface area contributed by atoms with Crippen LogP contribution in [0.5, 0.6) is 0 Å². The Morgan fingerprint density at radius 2 is 1.72 bits per heavy atom. The van der Waals surface area contributed by atoms with Crippen LogP contribution in [0, 0.1) is 11.3 Å². The van der Waals surface area contributed by atoms with Crippen molar-refractivity contribution in [2.75, 3.05) is 18.8 Å². The number of nitrogens with one attached hydrogen (secondary N) is 1. The number of hydrogen-bond donors (Lipinski definition) is 1. The van der Waals surface area contributed by atoms with E-state index in [-0.39, 0.29) is 10.7 Å². The molecule has 0 aromatic heterocycles. The van der Waals surface area contributed by atoms with E-state index in [1.165, 1.54) is 0 Å². The van der Waals surface area contributed by atoms with Gasteiger partial charge in [0.25, 0.3) is 0 Å². The minimum absolute atomic E-state index is 0.0527. The molecule has 1 atom stereocenters. The van der Waals surface area contributed by atoms with Gasteiger partial charge in [0.05, 0.1) is 11.0 Å². The highest BCUT2D eigenvalue weighted by Crippen LogP contribution is 2.31. The Hall–Kier alpha value is -0.0900. The molecule has 0 amide bonds. The zero-order valence-corrected chi connectivity index (χ0v) is 13.7. The minimum atomic E-state index is -2.92. The third-order valence-corrected chi connectivity index (χ3v) is 6.24. The largest absolute Gasteiger partial charge is 0.316 e. The van der Waals surface area contributed by atoms with E-state index in [4.69, 9.17) is 0 Å². The average Bonchev–Trinajstić information content (AvgIpc) is 2.26. The molecule has 0 aromatic rings. The molecule has 3 nitrogen and oxygen atoms in total. The van der Waals surface area contributed by atoms with Crippen molar-refractivity contribution in [3.05, 3.63) is 0 Å². The molecular formula is C14H31NO2S.